The molecule has 6 nitrogen and oxygen atoms in total. The molecule has 0 spiro atoms. The highest BCUT2D eigenvalue weighted by atomic mass is 16.6. The van der Waals surface area contributed by atoms with Crippen LogP contribution in [0, 0.1) is 0 Å². The number of carbonyl (C=O) groups is 2. The molecule has 148 valence electrons. The van der Waals surface area contributed by atoms with Crippen molar-refractivity contribution in [2.75, 3.05) is 37.7 Å². The number of benzene rings is 1. The Hall–Kier alpha value is -2.50. The Morgan fingerprint density at radius 3 is 2.26 bits per heavy atom. The lowest BCUT2D eigenvalue weighted by Gasteiger charge is -2.36. The van der Waals surface area contributed by atoms with Crippen LogP contribution in [0.25, 0.3) is 6.08 Å². The summed E-state index contributed by atoms with van der Waals surface area (Å²) >= 11 is 0. The van der Waals surface area contributed by atoms with E-state index >= 15 is 0 Å². The number of anilines is 1. The minimum absolute atomic E-state index is 0.215. The zero-order valence-corrected chi connectivity index (χ0v) is 16.7. The number of piperazine rings is 1. The molecule has 0 bridgehead atoms. The summed E-state index contributed by atoms with van der Waals surface area (Å²) in [5.74, 6) is -0.215. The van der Waals surface area contributed by atoms with Gasteiger partial charge in [0.05, 0.1) is 13.0 Å². The third-order valence-electron chi connectivity index (χ3n) is 4.09. The average Bonchev–Trinajstić information content (AvgIpc) is 2.61. The molecule has 6 heteroatoms. The van der Waals surface area contributed by atoms with Crippen LogP contribution >= 0.6 is 0 Å². The molecular formula is C21H30N2O4. The Labute approximate surface area is 161 Å². The molecule has 1 aliphatic rings. The van der Waals surface area contributed by atoms with E-state index in [9.17, 15) is 9.59 Å². The SMILES string of the molecule is CCOC(=O)CC=Cc1ccc(N2CCN(C(=O)OC(C)(C)C)CC2)cc1. The summed E-state index contributed by atoms with van der Waals surface area (Å²) in [6, 6.07) is 8.18. The summed E-state index contributed by atoms with van der Waals surface area (Å²) < 4.78 is 10.3. The standard InChI is InChI=1S/C21H30N2O4/c1-5-26-19(24)8-6-7-17-9-11-18(12-10-17)22-13-15-23(16-14-22)20(25)27-21(2,3)4/h6-7,9-12H,5,8,13-16H2,1-4H3. The minimum Gasteiger partial charge on any atom is -0.466 e. The van der Waals surface area contributed by atoms with Gasteiger partial charge in [-0.05, 0) is 45.4 Å². The van der Waals surface area contributed by atoms with Crippen LogP contribution in [-0.2, 0) is 14.3 Å². The van der Waals surface area contributed by atoms with Crippen molar-refractivity contribution >= 4 is 23.8 Å². The summed E-state index contributed by atoms with van der Waals surface area (Å²) in [5, 5.41) is 0. The van der Waals surface area contributed by atoms with Gasteiger partial charge in [-0.2, -0.15) is 0 Å². The number of carbonyl (C=O) groups excluding carboxylic acids is 2. The zero-order valence-electron chi connectivity index (χ0n) is 16.7. The highest BCUT2D eigenvalue weighted by molar-refractivity contribution is 5.72. The van der Waals surface area contributed by atoms with Gasteiger partial charge in [-0.3, -0.25) is 4.79 Å². The smallest absolute Gasteiger partial charge is 0.410 e. The van der Waals surface area contributed by atoms with Gasteiger partial charge in [-0.25, -0.2) is 4.79 Å². The fourth-order valence-electron chi connectivity index (χ4n) is 2.78. The molecule has 27 heavy (non-hydrogen) atoms. The van der Waals surface area contributed by atoms with Crippen molar-refractivity contribution in [3.05, 3.63) is 35.9 Å². The van der Waals surface area contributed by atoms with E-state index in [0.29, 0.717) is 19.7 Å². The number of rotatable bonds is 5. The molecule has 1 amide bonds. The molecule has 0 saturated carbocycles. The lowest BCUT2D eigenvalue weighted by molar-refractivity contribution is -0.142. The molecule has 1 aromatic rings. The molecule has 1 saturated heterocycles. The fraction of sp³-hybridized carbons (Fsp3) is 0.524. The average molecular weight is 374 g/mol. The van der Waals surface area contributed by atoms with Crippen LogP contribution in [0.15, 0.2) is 30.3 Å². The van der Waals surface area contributed by atoms with Gasteiger partial charge in [0.25, 0.3) is 0 Å². The van der Waals surface area contributed by atoms with E-state index < -0.39 is 5.60 Å². The van der Waals surface area contributed by atoms with E-state index in [2.05, 4.69) is 17.0 Å². The van der Waals surface area contributed by atoms with Crippen molar-refractivity contribution in [3.8, 4) is 0 Å². The predicted molar refractivity (Wildman–Crippen MR) is 107 cm³/mol. The maximum absolute atomic E-state index is 12.1. The van der Waals surface area contributed by atoms with Crippen LogP contribution in [0.2, 0.25) is 0 Å². The van der Waals surface area contributed by atoms with Crippen molar-refractivity contribution in [1.82, 2.24) is 4.90 Å². The van der Waals surface area contributed by atoms with Crippen molar-refractivity contribution in [2.24, 2.45) is 0 Å². The quantitative estimate of drug-likeness (QED) is 0.736. The van der Waals surface area contributed by atoms with Crippen molar-refractivity contribution in [1.29, 1.82) is 0 Å². The maximum Gasteiger partial charge on any atom is 0.410 e. The molecule has 0 unspecified atom stereocenters. The molecule has 1 heterocycles. The number of hydrogen-bond donors (Lipinski definition) is 0. The van der Waals surface area contributed by atoms with E-state index in [1.165, 1.54) is 0 Å². The second-order valence-electron chi connectivity index (χ2n) is 7.46. The zero-order chi connectivity index (χ0) is 19.9. The van der Waals surface area contributed by atoms with Gasteiger partial charge in [0.1, 0.15) is 5.60 Å². The summed E-state index contributed by atoms with van der Waals surface area (Å²) in [6.07, 6.45) is 3.76. The molecular weight excluding hydrogens is 344 g/mol. The van der Waals surface area contributed by atoms with Crippen LogP contribution in [0.1, 0.15) is 39.7 Å². The van der Waals surface area contributed by atoms with Crippen LogP contribution < -0.4 is 4.90 Å². The second kappa shape index (κ2) is 9.44. The summed E-state index contributed by atoms with van der Waals surface area (Å²) in [4.78, 5) is 27.5. The molecule has 0 N–H and O–H groups in total. The number of hydrogen-bond acceptors (Lipinski definition) is 5. The number of esters is 1. The highest BCUT2D eigenvalue weighted by Crippen LogP contribution is 2.19. The third kappa shape index (κ3) is 6.96. The maximum atomic E-state index is 12.1. The van der Waals surface area contributed by atoms with E-state index in [4.69, 9.17) is 9.47 Å². The summed E-state index contributed by atoms with van der Waals surface area (Å²) in [5.41, 5.74) is 1.70. The molecule has 0 atom stereocenters. The molecule has 1 aromatic carbocycles. The minimum atomic E-state index is -0.467. The van der Waals surface area contributed by atoms with Crippen LogP contribution in [0.5, 0.6) is 0 Å². The van der Waals surface area contributed by atoms with Gasteiger partial charge in [0.2, 0.25) is 0 Å². The van der Waals surface area contributed by atoms with Crippen molar-refractivity contribution < 1.29 is 19.1 Å². The Balaban J connectivity index is 1.83. The second-order valence-corrected chi connectivity index (χ2v) is 7.46. The molecule has 1 aliphatic heterocycles. The molecule has 2 rings (SSSR count). The van der Waals surface area contributed by atoms with E-state index in [-0.39, 0.29) is 18.5 Å². The molecule has 0 aliphatic carbocycles. The van der Waals surface area contributed by atoms with Gasteiger partial charge in [0, 0.05) is 31.9 Å². The van der Waals surface area contributed by atoms with Crippen LogP contribution in [0.3, 0.4) is 0 Å². The molecule has 1 fully saturated rings. The van der Waals surface area contributed by atoms with Gasteiger partial charge in [0.15, 0.2) is 0 Å². The topological polar surface area (TPSA) is 59.1 Å². The Morgan fingerprint density at radius 2 is 1.70 bits per heavy atom. The van der Waals surface area contributed by atoms with Crippen molar-refractivity contribution in [3.63, 3.8) is 0 Å². The molecule has 0 radical (unpaired) electrons. The van der Waals surface area contributed by atoms with E-state index in [1.54, 1.807) is 11.8 Å². The van der Waals surface area contributed by atoms with Crippen LogP contribution in [0.4, 0.5) is 10.5 Å². The first kappa shape index (κ1) is 20.8. The summed E-state index contributed by atoms with van der Waals surface area (Å²) in [6.45, 7) is 10.7. The first-order valence-corrected chi connectivity index (χ1v) is 9.43. The van der Waals surface area contributed by atoms with Crippen molar-refractivity contribution in [2.45, 2.75) is 39.7 Å². The third-order valence-corrected chi connectivity index (χ3v) is 4.09. The normalized spacial score (nSPS) is 15.1. The van der Waals surface area contributed by atoms with E-state index in [1.807, 2.05) is 45.1 Å². The van der Waals surface area contributed by atoms with Gasteiger partial charge >= 0.3 is 12.1 Å². The monoisotopic (exact) mass is 374 g/mol. The fourth-order valence-corrected chi connectivity index (χ4v) is 2.78. The first-order chi connectivity index (χ1) is 12.8. The number of nitrogens with zero attached hydrogens (tertiary/aromatic N) is 2. The first-order valence-electron chi connectivity index (χ1n) is 9.43. The summed E-state index contributed by atoms with van der Waals surface area (Å²) in [7, 11) is 0. The Morgan fingerprint density at radius 1 is 1.07 bits per heavy atom. The number of ether oxygens (including phenoxy) is 2. The van der Waals surface area contributed by atoms with E-state index in [0.717, 1.165) is 24.3 Å². The Kier molecular flexibility index (Phi) is 7.28. The molecule has 0 aromatic heterocycles. The number of amides is 1. The lowest BCUT2D eigenvalue weighted by Crippen LogP contribution is -2.50. The van der Waals surface area contributed by atoms with Gasteiger partial charge in [-0.1, -0.05) is 24.3 Å². The lowest BCUT2D eigenvalue weighted by atomic mass is 10.1. The largest absolute Gasteiger partial charge is 0.466 e. The van der Waals surface area contributed by atoms with Gasteiger partial charge < -0.3 is 19.3 Å². The van der Waals surface area contributed by atoms with Gasteiger partial charge in [-0.15, -0.1) is 0 Å². The highest BCUT2D eigenvalue weighted by Gasteiger charge is 2.25. The predicted octanol–water partition coefficient (Wildman–Crippen LogP) is 3.71. The van der Waals surface area contributed by atoms with Crippen LogP contribution in [-0.4, -0.2) is 55.3 Å². The Bertz CT molecular complexity index is 654.